The molecule has 0 heterocycles. The zero-order chi connectivity index (χ0) is 22.2. The number of ether oxygens (including phenoxy) is 1. The van der Waals surface area contributed by atoms with Crippen molar-refractivity contribution in [1.29, 1.82) is 0 Å². The highest BCUT2D eigenvalue weighted by Gasteiger charge is 2.35. The Balaban J connectivity index is 2.01. The summed E-state index contributed by atoms with van der Waals surface area (Å²) in [5, 5.41) is 22.9. The lowest BCUT2D eigenvalue weighted by atomic mass is 9.82. The van der Waals surface area contributed by atoms with E-state index in [1.807, 2.05) is 0 Å². The highest BCUT2D eigenvalue weighted by Crippen LogP contribution is 2.37. The van der Waals surface area contributed by atoms with Crippen molar-refractivity contribution < 1.29 is 34.1 Å². The van der Waals surface area contributed by atoms with Crippen LogP contribution in [0, 0.1) is 5.92 Å². The number of carbonyl (C=O) groups excluding carboxylic acids is 4. The summed E-state index contributed by atoms with van der Waals surface area (Å²) < 4.78 is 4.97. The Morgan fingerprint density at radius 2 is 1.67 bits per heavy atom. The van der Waals surface area contributed by atoms with Crippen LogP contribution in [0.4, 0.5) is 0 Å². The molecule has 1 aliphatic carbocycles. The minimum absolute atomic E-state index is 0.0176. The lowest BCUT2D eigenvalue weighted by Crippen LogP contribution is -2.45. The summed E-state index contributed by atoms with van der Waals surface area (Å²) in [6.07, 6.45) is 0. The van der Waals surface area contributed by atoms with Crippen LogP contribution in [0.5, 0.6) is 11.5 Å². The first-order valence-electron chi connectivity index (χ1n) is 9.43. The van der Waals surface area contributed by atoms with E-state index in [1.165, 1.54) is 24.3 Å². The first kappa shape index (κ1) is 21.0. The summed E-state index contributed by atoms with van der Waals surface area (Å²) >= 11 is 0. The topological polar surface area (TPSA) is 130 Å². The standard InChI is InChI=1S/C22H21NO7/c1-4-30-22(29)18(10(2)3)23-21(28)11-8-13-17(15(25)9-11)20(27)16-12(19(13)26)6-5-7-14(16)24/h5-10,18,24-25H,4H2,1-3H3,(H,23,28). The van der Waals surface area contributed by atoms with E-state index in [9.17, 15) is 29.4 Å². The fraction of sp³-hybridized carbons (Fsp3) is 0.273. The van der Waals surface area contributed by atoms with Gasteiger partial charge in [0.05, 0.1) is 17.7 Å². The van der Waals surface area contributed by atoms with Crippen LogP contribution in [0.3, 0.4) is 0 Å². The number of phenolic OH excluding ortho intramolecular Hbond substituents is 2. The molecule has 1 unspecified atom stereocenters. The van der Waals surface area contributed by atoms with Gasteiger partial charge >= 0.3 is 5.97 Å². The number of hydrogen-bond acceptors (Lipinski definition) is 7. The summed E-state index contributed by atoms with van der Waals surface area (Å²) in [4.78, 5) is 50.5. The Morgan fingerprint density at radius 1 is 1.00 bits per heavy atom. The molecule has 156 valence electrons. The molecule has 1 atom stereocenters. The van der Waals surface area contributed by atoms with Crippen LogP contribution < -0.4 is 5.32 Å². The SMILES string of the molecule is CCOC(=O)C(NC(=O)c1cc(O)c2c(c1)C(=O)c1cccc(O)c1C2=O)C(C)C. The Labute approximate surface area is 172 Å². The largest absolute Gasteiger partial charge is 0.507 e. The molecule has 8 nitrogen and oxygen atoms in total. The monoisotopic (exact) mass is 411 g/mol. The van der Waals surface area contributed by atoms with Crippen LogP contribution in [0.25, 0.3) is 0 Å². The van der Waals surface area contributed by atoms with Crippen molar-refractivity contribution in [3.8, 4) is 11.5 Å². The molecule has 0 radical (unpaired) electrons. The fourth-order valence-corrected chi connectivity index (χ4v) is 3.37. The van der Waals surface area contributed by atoms with E-state index in [2.05, 4.69) is 5.32 Å². The van der Waals surface area contributed by atoms with Crippen LogP contribution >= 0.6 is 0 Å². The molecule has 1 amide bonds. The molecule has 30 heavy (non-hydrogen) atoms. The summed E-state index contributed by atoms with van der Waals surface area (Å²) in [6, 6.07) is 5.40. The number of aromatic hydroxyl groups is 2. The lowest BCUT2D eigenvalue weighted by molar-refractivity contribution is -0.146. The lowest BCUT2D eigenvalue weighted by Gasteiger charge is -2.22. The second-order valence-corrected chi connectivity index (χ2v) is 7.22. The third-order valence-electron chi connectivity index (χ3n) is 4.86. The molecular formula is C22H21NO7. The van der Waals surface area contributed by atoms with Gasteiger partial charge in [0.15, 0.2) is 5.78 Å². The molecule has 1 aliphatic rings. The third-order valence-corrected chi connectivity index (χ3v) is 4.86. The maximum atomic E-state index is 12.9. The van der Waals surface area contributed by atoms with Crippen LogP contribution in [-0.2, 0) is 9.53 Å². The number of nitrogens with one attached hydrogen (secondary N) is 1. The number of phenols is 2. The summed E-state index contributed by atoms with van der Waals surface area (Å²) in [5.74, 6) is -3.83. The van der Waals surface area contributed by atoms with E-state index in [4.69, 9.17) is 4.74 Å². The number of ketones is 2. The van der Waals surface area contributed by atoms with Gasteiger partial charge in [0.2, 0.25) is 5.78 Å². The molecule has 0 bridgehead atoms. The average molecular weight is 411 g/mol. The van der Waals surface area contributed by atoms with E-state index in [-0.39, 0.29) is 46.1 Å². The van der Waals surface area contributed by atoms with Crippen molar-refractivity contribution in [1.82, 2.24) is 5.32 Å². The van der Waals surface area contributed by atoms with Crippen LogP contribution in [0.1, 0.15) is 63.0 Å². The molecule has 0 spiro atoms. The molecule has 0 fully saturated rings. The summed E-state index contributed by atoms with van der Waals surface area (Å²) in [7, 11) is 0. The number of esters is 1. The molecule has 0 aromatic heterocycles. The molecule has 8 heteroatoms. The van der Waals surface area contributed by atoms with E-state index < -0.39 is 35.2 Å². The average Bonchev–Trinajstić information content (AvgIpc) is 2.69. The van der Waals surface area contributed by atoms with Crippen LogP contribution in [0.2, 0.25) is 0 Å². The predicted octanol–water partition coefficient (Wildman–Crippen LogP) is 2.19. The van der Waals surface area contributed by atoms with Gasteiger partial charge in [-0.15, -0.1) is 0 Å². The van der Waals surface area contributed by atoms with Crippen molar-refractivity contribution in [3.05, 3.63) is 58.1 Å². The van der Waals surface area contributed by atoms with E-state index >= 15 is 0 Å². The number of benzene rings is 2. The second kappa shape index (κ2) is 7.98. The zero-order valence-electron chi connectivity index (χ0n) is 16.7. The zero-order valence-corrected chi connectivity index (χ0v) is 16.7. The summed E-state index contributed by atoms with van der Waals surface area (Å²) in [6.45, 7) is 5.27. The van der Waals surface area contributed by atoms with E-state index in [1.54, 1.807) is 20.8 Å². The van der Waals surface area contributed by atoms with Gasteiger partial charge in [-0.05, 0) is 31.0 Å². The van der Waals surface area contributed by atoms with Crippen LogP contribution in [0.15, 0.2) is 30.3 Å². The molecular weight excluding hydrogens is 390 g/mol. The minimum Gasteiger partial charge on any atom is -0.507 e. The van der Waals surface area contributed by atoms with Gasteiger partial charge < -0.3 is 20.3 Å². The van der Waals surface area contributed by atoms with Gasteiger partial charge in [0.25, 0.3) is 5.91 Å². The molecule has 2 aromatic rings. The number of fused-ring (bicyclic) bond motifs is 2. The van der Waals surface area contributed by atoms with Gasteiger partial charge in [-0.3, -0.25) is 14.4 Å². The Morgan fingerprint density at radius 3 is 2.30 bits per heavy atom. The second-order valence-electron chi connectivity index (χ2n) is 7.22. The molecule has 3 rings (SSSR count). The van der Waals surface area contributed by atoms with Crippen molar-refractivity contribution >= 4 is 23.4 Å². The van der Waals surface area contributed by atoms with Gasteiger partial charge in [-0.25, -0.2) is 4.79 Å². The highest BCUT2D eigenvalue weighted by molar-refractivity contribution is 6.30. The number of hydrogen-bond donors (Lipinski definition) is 3. The minimum atomic E-state index is -0.925. The van der Waals surface area contributed by atoms with E-state index in [0.29, 0.717) is 0 Å². The molecule has 0 saturated heterocycles. The van der Waals surface area contributed by atoms with E-state index in [0.717, 1.165) is 6.07 Å². The van der Waals surface area contributed by atoms with Crippen LogP contribution in [-0.4, -0.2) is 46.3 Å². The smallest absolute Gasteiger partial charge is 0.328 e. The highest BCUT2D eigenvalue weighted by atomic mass is 16.5. The normalized spacial score (nSPS) is 13.5. The van der Waals surface area contributed by atoms with Gasteiger partial charge in [0, 0.05) is 16.7 Å². The first-order chi connectivity index (χ1) is 14.2. The maximum Gasteiger partial charge on any atom is 0.328 e. The number of rotatable bonds is 5. The first-order valence-corrected chi connectivity index (χ1v) is 9.43. The Bertz CT molecular complexity index is 1070. The van der Waals surface area contributed by atoms with Gasteiger partial charge in [-0.2, -0.15) is 0 Å². The summed E-state index contributed by atoms with van der Waals surface area (Å²) in [5.41, 5.74) is -0.733. The predicted molar refractivity (Wildman–Crippen MR) is 106 cm³/mol. The van der Waals surface area contributed by atoms with Crippen molar-refractivity contribution in [2.24, 2.45) is 5.92 Å². The van der Waals surface area contributed by atoms with Crippen molar-refractivity contribution in [2.45, 2.75) is 26.8 Å². The Kier molecular flexibility index (Phi) is 5.60. The number of amides is 1. The fourth-order valence-electron chi connectivity index (χ4n) is 3.37. The number of carbonyl (C=O) groups is 4. The molecule has 3 N–H and O–H groups in total. The maximum absolute atomic E-state index is 12.9. The third kappa shape index (κ3) is 3.52. The van der Waals surface area contributed by atoms with Gasteiger partial charge in [0.1, 0.15) is 17.5 Å². The quantitative estimate of drug-likeness (QED) is 0.549. The van der Waals surface area contributed by atoms with Crippen molar-refractivity contribution in [3.63, 3.8) is 0 Å². The molecule has 0 saturated carbocycles. The molecule has 2 aromatic carbocycles. The van der Waals surface area contributed by atoms with Crippen molar-refractivity contribution in [2.75, 3.05) is 6.61 Å². The Hall–Kier alpha value is -3.68. The van der Waals surface area contributed by atoms with Gasteiger partial charge in [-0.1, -0.05) is 26.0 Å². The molecule has 0 aliphatic heterocycles.